The lowest BCUT2D eigenvalue weighted by Crippen LogP contribution is -2.22. The van der Waals surface area contributed by atoms with E-state index < -0.39 is 18.2 Å². The Hall–Kier alpha value is -1.54. The van der Waals surface area contributed by atoms with Gasteiger partial charge in [-0.05, 0) is 42.6 Å². The SMILES string of the molecule is O=C(O)CSC[C@H]1CC[C@@H]2[C@@H](/C=C/[C@@H](O)COc3ccccc3)[C@H](O)C[C@@H]2OC1. The van der Waals surface area contributed by atoms with Gasteiger partial charge in [-0.3, -0.25) is 4.79 Å². The zero-order valence-electron chi connectivity index (χ0n) is 16.4. The Morgan fingerprint density at radius 3 is 2.86 bits per heavy atom. The van der Waals surface area contributed by atoms with E-state index >= 15 is 0 Å². The minimum absolute atomic E-state index is 0.0202. The molecule has 1 heterocycles. The highest BCUT2D eigenvalue weighted by molar-refractivity contribution is 7.99. The van der Waals surface area contributed by atoms with Crippen molar-refractivity contribution in [1.29, 1.82) is 0 Å². The van der Waals surface area contributed by atoms with Crippen LogP contribution in [0.3, 0.4) is 0 Å². The van der Waals surface area contributed by atoms with E-state index in [2.05, 4.69) is 0 Å². The smallest absolute Gasteiger partial charge is 0.313 e. The Morgan fingerprint density at radius 2 is 2.10 bits per heavy atom. The second kappa shape index (κ2) is 11.0. The van der Waals surface area contributed by atoms with Gasteiger partial charge in [-0.25, -0.2) is 0 Å². The monoisotopic (exact) mass is 422 g/mol. The summed E-state index contributed by atoms with van der Waals surface area (Å²) < 4.78 is 11.6. The first-order valence-electron chi connectivity index (χ1n) is 10.2. The van der Waals surface area contributed by atoms with E-state index in [1.54, 1.807) is 6.08 Å². The largest absolute Gasteiger partial charge is 0.491 e. The number of carbonyl (C=O) groups is 1. The Labute approximate surface area is 175 Å². The molecule has 1 aliphatic carbocycles. The predicted molar refractivity (Wildman–Crippen MR) is 112 cm³/mol. The zero-order chi connectivity index (χ0) is 20.6. The molecule has 2 fully saturated rings. The van der Waals surface area contributed by atoms with Crippen LogP contribution in [0.2, 0.25) is 0 Å². The highest BCUT2D eigenvalue weighted by Gasteiger charge is 2.43. The molecule has 6 atom stereocenters. The molecule has 160 valence electrons. The van der Waals surface area contributed by atoms with Crippen LogP contribution in [-0.2, 0) is 9.53 Å². The summed E-state index contributed by atoms with van der Waals surface area (Å²) in [6.07, 6.45) is 4.93. The maximum absolute atomic E-state index is 10.7. The van der Waals surface area contributed by atoms with Crippen LogP contribution in [0.15, 0.2) is 42.5 Å². The molecule has 1 aliphatic heterocycles. The van der Waals surface area contributed by atoms with Crippen molar-refractivity contribution >= 4 is 17.7 Å². The third kappa shape index (κ3) is 6.74. The molecule has 3 rings (SSSR count). The Balaban J connectivity index is 1.49. The van der Waals surface area contributed by atoms with Crippen molar-refractivity contribution in [2.75, 3.05) is 24.7 Å². The Kier molecular flexibility index (Phi) is 8.41. The van der Waals surface area contributed by atoms with Crippen LogP contribution in [0.5, 0.6) is 5.75 Å². The van der Waals surface area contributed by atoms with E-state index in [9.17, 15) is 15.0 Å². The first-order valence-corrected chi connectivity index (χ1v) is 11.3. The second-order valence-corrected chi connectivity index (χ2v) is 8.87. The van der Waals surface area contributed by atoms with Gasteiger partial charge in [-0.1, -0.05) is 30.4 Å². The fourth-order valence-corrected chi connectivity index (χ4v) is 5.06. The van der Waals surface area contributed by atoms with Crippen LogP contribution < -0.4 is 4.74 Å². The number of aliphatic carboxylic acids is 1. The third-order valence-corrected chi connectivity index (χ3v) is 6.80. The predicted octanol–water partition coefficient (Wildman–Crippen LogP) is 2.59. The molecule has 0 unspecified atom stereocenters. The van der Waals surface area contributed by atoms with Crippen molar-refractivity contribution in [3.63, 3.8) is 0 Å². The molecule has 1 aromatic rings. The van der Waals surface area contributed by atoms with Gasteiger partial charge in [0.15, 0.2) is 0 Å². The van der Waals surface area contributed by atoms with E-state index in [4.69, 9.17) is 14.6 Å². The number of benzene rings is 1. The second-order valence-electron chi connectivity index (χ2n) is 7.84. The topological polar surface area (TPSA) is 96.2 Å². The van der Waals surface area contributed by atoms with Crippen LogP contribution in [0.4, 0.5) is 0 Å². The van der Waals surface area contributed by atoms with Crippen molar-refractivity contribution < 1.29 is 29.6 Å². The minimum Gasteiger partial charge on any atom is -0.491 e. The molecular formula is C22H30O6S. The Morgan fingerprint density at radius 1 is 1.31 bits per heavy atom. The fourth-order valence-electron chi connectivity index (χ4n) is 4.17. The maximum atomic E-state index is 10.7. The number of fused-ring (bicyclic) bond motifs is 1. The van der Waals surface area contributed by atoms with Gasteiger partial charge in [0.2, 0.25) is 0 Å². The third-order valence-electron chi connectivity index (χ3n) is 5.64. The molecule has 29 heavy (non-hydrogen) atoms. The van der Waals surface area contributed by atoms with E-state index in [1.165, 1.54) is 11.8 Å². The first kappa shape index (κ1) is 22.2. The fraction of sp³-hybridized carbons (Fsp3) is 0.591. The molecule has 3 N–H and O–H groups in total. The highest BCUT2D eigenvalue weighted by Crippen LogP contribution is 2.41. The molecule has 0 radical (unpaired) electrons. The van der Waals surface area contributed by atoms with Crippen molar-refractivity contribution in [2.45, 2.75) is 37.6 Å². The number of aliphatic hydroxyl groups excluding tert-OH is 2. The summed E-state index contributed by atoms with van der Waals surface area (Å²) in [7, 11) is 0. The highest BCUT2D eigenvalue weighted by atomic mass is 32.2. The lowest BCUT2D eigenvalue weighted by molar-refractivity contribution is -0.133. The molecular weight excluding hydrogens is 392 g/mol. The average Bonchev–Trinajstić information content (AvgIpc) is 2.87. The molecule has 6 nitrogen and oxygen atoms in total. The van der Waals surface area contributed by atoms with Crippen molar-refractivity contribution in [1.82, 2.24) is 0 Å². The number of thioether (sulfide) groups is 1. The molecule has 7 heteroatoms. The maximum Gasteiger partial charge on any atom is 0.313 e. The summed E-state index contributed by atoms with van der Waals surface area (Å²) in [5.41, 5.74) is 0. The number of aliphatic hydroxyl groups is 2. The van der Waals surface area contributed by atoms with E-state index in [0.29, 0.717) is 24.7 Å². The van der Waals surface area contributed by atoms with Gasteiger partial charge in [0.25, 0.3) is 0 Å². The molecule has 0 spiro atoms. The number of hydrogen-bond donors (Lipinski definition) is 3. The van der Waals surface area contributed by atoms with Gasteiger partial charge in [0.05, 0.1) is 24.6 Å². The molecule has 0 amide bonds. The van der Waals surface area contributed by atoms with Gasteiger partial charge < -0.3 is 24.8 Å². The van der Waals surface area contributed by atoms with Crippen LogP contribution in [-0.4, -0.2) is 64.3 Å². The van der Waals surface area contributed by atoms with Gasteiger partial charge in [-0.2, -0.15) is 0 Å². The standard InChI is InChI=1S/C22H30O6S/c23-16(12-27-17-4-2-1-3-5-17)7-9-18-19-8-6-15(13-29-14-22(25)26)11-28-21(19)10-20(18)24/h1-5,7,9,15-16,18-21,23-24H,6,8,10-14H2,(H,25,26)/b9-7+/t15-,16+,18+,19+,20+,21-/m0/s1. The van der Waals surface area contributed by atoms with E-state index in [0.717, 1.165) is 18.6 Å². The van der Waals surface area contributed by atoms with Crippen LogP contribution >= 0.6 is 11.8 Å². The molecule has 0 bridgehead atoms. The summed E-state index contributed by atoms with van der Waals surface area (Å²) in [5.74, 6) is 1.35. The summed E-state index contributed by atoms with van der Waals surface area (Å²) >= 11 is 1.43. The lowest BCUT2D eigenvalue weighted by Gasteiger charge is -2.21. The number of carboxylic acid groups (broad SMARTS) is 1. The number of carboxylic acids is 1. The number of para-hydroxylation sites is 1. The number of ether oxygens (including phenoxy) is 2. The Bertz CT molecular complexity index is 667. The van der Waals surface area contributed by atoms with Crippen LogP contribution in [0.25, 0.3) is 0 Å². The van der Waals surface area contributed by atoms with Crippen molar-refractivity contribution in [3.8, 4) is 5.75 Å². The van der Waals surface area contributed by atoms with E-state index in [1.807, 2.05) is 36.4 Å². The summed E-state index contributed by atoms with van der Waals surface area (Å²) in [5, 5.41) is 29.5. The molecule has 2 aliphatic rings. The minimum atomic E-state index is -0.787. The normalized spacial score (nSPS) is 30.6. The molecule has 0 aromatic heterocycles. The van der Waals surface area contributed by atoms with Gasteiger partial charge in [0, 0.05) is 12.3 Å². The van der Waals surface area contributed by atoms with Crippen molar-refractivity contribution in [2.24, 2.45) is 17.8 Å². The number of rotatable bonds is 9. The quantitative estimate of drug-likeness (QED) is 0.527. The lowest BCUT2D eigenvalue weighted by atomic mass is 9.87. The zero-order valence-corrected chi connectivity index (χ0v) is 17.2. The van der Waals surface area contributed by atoms with Gasteiger partial charge >= 0.3 is 5.97 Å². The summed E-state index contributed by atoms with van der Waals surface area (Å²) in [6.45, 7) is 0.779. The molecule has 1 aromatic carbocycles. The van der Waals surface area contributed by atoms with Gasteiger partial charge in [0.1, 0.15) is 18.5 Å². The van der Waals surface area contributed by atoms with E-state index in [-0.39, 0.29) is 30.3 Å². The summed E-state index contributed by atoms with van der Waals surface area (Å²) in [4.78, 5) is 10.7. The van der Waals surface area contributed by atoms with Crippen LogP contribution in [0.1, 0.15) is 19.3 Å². The molecule has 1 saturated carbocycles. The summed E-state index contributed by atoms with van der Waals surface area (Å²) in [6, 6.07) is 9.36. The molecule has 1 saturated heterocycles. The average molecular weight is 423 g/mol. The first-order chi connectivity index (χ1) is 14.0. The number of hydrogen-bond acceptors (Lipinski definition) is 6. The van der Waals surface area contributed by atoms with Crippen LogP contribution in [0, 0.1) is 17.8 Å². The van der Waals surface area contributed by atoms with Crippen molar-refractivity contribution in [3.05, 3.63) is 42.5 Å². The van der Waals surface area contributed by atoms with Gasteiger partial charge in [-0.15, -0.1) is 11.8 Å².